The van der Waals surface area contributed by atoms with Crippen LogP contribution in [0.1, 0.15) is 11.1 Å². The number of nitrogens with one attached hydrogen (secondary N) is 2. The van der Waals surface area contributed by atoms with E-state index in [0.29, 0.717) is 29.4 Å². The van der Waals surface area contributed by atoms with Crippen LogP contribution >= 0.6 is 11.6 Å². The Morgan fingerprint density at radius 1 is 0.968 bits per heavy atom. The Bertz CT molecular complexity index is 1130. The Kier molecular flexibility index (Phi) is 7.68. The number of carbonyl (C=O) groups is 1. The minimum Gasteiger partial charge on any atom is -0.484 e. The molecule has 8 heteroatoms. The normalized spacial score (nSPS) is 11.2. The molecular formula is C23H23ClN2O4S. The van der Waals surface area contributed by atoms with Crippen molar-refractivity contribution in [2.75, 3.05) is 18.5 Å². The topological polar surface area (TPSA) is 84.5 Å². The lowest BCUT2D eigenvalue weighted by Gasteiger charge is -2.11. The SMILES string of the molecule is Cc1c(Cl)cccc1NC(=O)COc1ccc(S(=O)(=O)NCCc2ccccc2)cc1. The molecule has 3 rings (SSSR count). The number of amides is 1. The van der Waals surface area contributed by atoms with Crippen LogP contribution in [0.3, 0.4) is 0 Å². The molecule has 0 saturated heterocycles. The summed E-state index contributed by atoms with van der Waals surface area (Å²) in [5, 5.41) is 3.30. The number of hydrogen-bond donors (Lipinski definition) is 2. The lowest BCUT2D eigenvalue weighted by molar-refractivity contribution is -0.118. The van der Waals surface area contributed by atoms with Gasteiger partial charge in [0.25, 0.3) is 5.91 Å². The minimum atomic E-state index is -3.63. The maximum Gasteiger partial charge on any atom is 0.262 e. The van der Waals surface area contributed by atoms with Crippen LogP contribution in [-0.4, -0.2) is 27.5 Å². The number of carbonyl (C=O) groups excluding carboxylic acids is 1. The average Bonchev–Trinajstić information content (AvgIpc) is 2.76. The molecule has 0 aromatic heterocycles. The molecule has 0 spiro atoms. The van der Waals surface area contributed by atoms with Gasteiger partial charge >= 0.3 is 0 Å². The van der Waals surface area contributed by atoms with Gasteiger partial charge in [-0.25, -0.2) is 13.1 Å². The van der Waals surface area contributed by atoms with E-state index in [9.17, 15) is 13.2 Å². The third-order valence-corrected chi connectivity index (χ3v) is 6.48. The molecule has 0 fully saturated rings. The number of ether oxygens (including phenoxy) is 1. The van der Waals surface area contributed by atoms with E-state index in [1.807, 2.05) is 37.3 Å². The second-order valence-corrected chi connectivity index (χ2v) is 9.03. The van der Waals surface area contributed by atoms with Crippen molar-refractivity contribution in [2.45, 2.75) is 18.2 Å². The van der Waals surface area contributed by atoms with Crippen LogP contribution in [0, 0.1) is 6.92 Å². The Morgan fingerprint density at radius 2 is 1.68 bits per heavy atom. The van der Waals surface area contributed by atoms with Crippen molar-refractivity contribution >= 4 is 33.2 Å². The number of hydrogen-bond acceptors (Lipinski definition) is 4. The number of rotatable bonds is 9. The summed E-state index contributed by atoms with van der Waals surface area (Å²) in [5.74, 6) is 0.0471. The van der Waals surface area contributed by atoms with Gasteiger partial charge in [0.2, 0.25) is 10.0 Å². The molecule has 3 aromatic rings. The van der Waals surface area contributed by atoms with E-state index >= 15 is 0 Å². The van der Waals surface area contributed by atoms with Crippen LogP contribution in [0.5, 0.6) is 5.75 Å². The quantitative estimate of drug-likeness (QED) is 0.503. The molecule has 0 aliphatic carbocycles. The smallest absolute Gasteiger partial charge is 0.262 e. The highest BCUT2D eigenvalue weighted by Gasteiger charge is 2.14. The monoisotopic (exact) mass is 458 g/mol. The molecule has 1 amide bonds. The summed E-state index contributed by atoms with van der Waals surface area (Å²) < 4.78 is 32.9. The van der Waals surface area contributed by atoms with E-state index in [-0.39, 0.29) is 17.4 Å². The van der Waals surface area contributed by atoms with E-state index in [1.165, 1.54) is 24.3 Å². The van der Waals surface area contributed by atoms with Gasteiger partial charge in [0.05, 0.1) is 4.90 Å². The minimum absolute atomic E-state index is 0.131. The summed E-state index contributed by atoms with van der Waals surface area (Å²) in [4.78, 5) is 12.3. The lowest BCUT2D eigenvalue weighted by atomic mass is 10.2. The summed E-state index contributed by atoms with van der Waals surface area (Å²) in [6.07, 6.45) is 0.600. The zero-order valence-electron chi connectivity index (χ0n) is 17.0. The van der Waals surface area contributed by atoms with Crippen molar-refractivity contribution in [2.24, 2.45) is 0 Å². The maximum atomic E-state index is 12.4. The van der Waals surface area contributed by atoms with Crippen molar-refractivity contribution in [1.82, 2.24) is 4.72 Å². The van der Waals surface area contributed by atoms with Crippen LogP contribution in [0.25, 0.3) is 0 Å². The van der Waals surface area contributed by atoms with E-state index in [1.54, 1.807) is 18.2 Å². The zero-order valence-corrected chi connectivity index (χ0v) is 18.5. The van der Waals surface area contributed by atoms with Crippen LogP contribution < -0.4 is 14.8 Å². The Morgan fingerprint density at radius 3 is 2.39 bits per heavy atom. The molecule has 0 heterocycles. The first-order chi connectivity index (χ1) is 14.8. The zero-order chi connectivity index (χ0) is 22.3. The van der Waals surface area contributed by atoms with Gasteiger partial charge < -0.3 is 10.1 Å². The fourth-order valence-electron chi connectivity index (χ4n) is 2.85. The van der Waals surface area contributed by atoms with Crippen LogP contribution in [0.4, 0.5) is 5.69 Å². The molecule has 0 aliphatic rings. The van der Waals surface area contributed by atoms with Crippen molar-refractivity contribution in [1.29, 1.82) is 0 Å². The molecule has 31 heavy (non-hydrogen) atoms. The Balaban J connectivity index is 1.51. The number of anilines is 1. The first-order valence-electron chi connectivity index (χ1n) is 9.66. The average molecular weight is 459 g/mol. The first kappa shape index (κ1) is 22.8. The predicted molar refractivity (Wildman–Crippen MR) is 122 cm³/mol. The third-order valence-electron chi connectivity index (χ3n) is 4.59. The summed E-state index contributed by atoms with van der Waals surface area (Å²) in [5.41, 5.74) is 2.44. The van der Waals surface area contributed by atoms with Gasteiger partial charge in [-0.05, 0) is 60.9 Å². The molecule has 0 atom stereocenters. The van der Waals surface area contributed by atoms with Gasteiger partial charge in [-0.15, -0.1) is 0 Å². The predicted octanol–water partition coefficient (Wildman–Crippen LogP) is 4.19. The molecule has 0 unspecified atom stereocenters. The van der Waals surface area contributed by atoms with E-state index in [0.717, 1.165) is 11.1 Å². The summed E-state index contributed by atoms with van der Waals surface area (Å²) in [7, 11) is -3.63. The summed E-state index contributed by atoms with van der Waals surface area (Å²) in [6.45, 7) is 1.90. The van der Waals surface area contributed by atoms with Crippen LogP contribution in [-0.2, 0) is 21.2 Å². The highest BCUT2D eigenvalue weighted by molar-refractivity contribution is 7.89. The fraction of sp³-hybridized carbons (Fsp3) is 0.174. The highest BCUT2D eigenvalue weighted by Crippen LogP contribution is 2.23. The van der Waals surface area contributed by atoms with Gasteiger partial charge in [-0.2, -0.15) is 0 Å². The van der Waals surface area contributed by atoms with E-state index in [2.05, 4.69) is 10.0 Å². The Labute approximate surface area is 187 Å². The first-order valence-corrected chi connectivity index (χ1v) is 11.5. The summed E-state index contributed by atoms with van der Waals surface area (Å²) in [6, 6.07) is 20.8. The maximum absolute atomic E-state index is 12.4. The lowest BCUT2D eigenvalue weighted by Crippen LogP contribution is -2.26. The standard InChI is InChI=1S/C23H23ClN2O4S/c1-17-21(24)8-5-9-22(17)26-23(27)16-30-19-10-12-20(13-11-19)31(28,29)25-15-14-18-6-3-2-4-7-18/h2-13,25H,14-16H2,1H3,(H,26,27). The largest absolute Gasteiger partial charge is 0.484 e. The van der Waals surface area contributed by atoms with Gasteiger partial charge in [0, 0.05) is 17.3 Å². The number of sulfonamides is 1. The van der Waals surface area contributed by atoms with Crippen molar-refractivity contribution in [3.05, 3.63) is 88.9 Å². The fourth-order valence-corrected chi connectivity index (χ4v) is 4.06. The number of halogens is 1. The van der Waals surface area contributed by atoms with Gasteiger partial charge in [0.1, 0.15) is 5.75 Å². The van der Waals surface area contributed by atoms with Gasteiger partial charge in [-0.3, -0.25) is 4.79 Å². The molecular weight excluding hydrogens is 436 g/mol. The van der Waals surface area contributed by atoms with Gasteiger partial charge in [-0.1, -0.05) is 48.0 Å². The second-order valence-electron chi connectivity index (χ2n) is 6.85. The van der Waals surface area contributed by atoms with Crippen molar-refractivity contribution < 1.29 is 17.9 Å². The molecule has 0 radical (unpaired) electrons. The van der Waals surface area contributed by atoms with Crippen molar-refractivity contribution in [3.63, 3.8) is 0 Å². The van der Waals surface area contributed by atoms with Crippen molar-refractivity contribution in [3.8, 4) is 5.75 Å². The van der Waals surface area contributed by atoms with Crippen LogP contribution in [0.15, 0.2) is 77.7 Å². The molecule has 2 N–H and O–H groups in total. The van der Waals surface area contributed by atoms with E-state index < -0.39 is 10.0 Å². The molecule has 0 aliphatic heterocycles. The molecule has 0 saturated carbocycles. The van der Waals surface area contributed by atoms with Crippen LogP contribution in [0.2, 0.25) is 5.02 Å². The van der Waals surface area contributed by atoms with Gasteiger partial charge in [0.15, 0.2) is 6.61 Å². The Hall–Kier alpha value is -2.87. The second kappa shape index (κ2) is 10.4. The molecule has 162 valence electrons. The summed E-state index contributed by atoms with van der Waals surface area (Å²) >= 11 is 6.05. The van der Waals surface area contributed by atoms with E-state index in [4.69, 9.17) is 16.3 Å². The third kappa shape index (κ3) is 6.55. The highest BCUT2D eigenvalue weighted by atomic mass is 35.5. The number of benzene rings is 3. The molecule has 3 aromatic carbocycles. The molecule has 0 bridgehead atoms. The molecule has 6 nitrogen and oxygen atoms in total.